The van der Waals surface area contributed by atoms with E-state index >= 15 is 0 Å². The first kappa shape index (κ1) is 9.10. The standard InChI is InChI=1S/C6H11NO3/c7-4-3-5(8)1-2-6(9)10/h1-4,7H2,(H,9,10). The number of Topliss-reactive ketones (excluding diaryl/α,β-unsaturated/α-hetero) is 1. The second-order valence-electron chi connectivity index (χ2n) is 1.97. The van der Waals surface area contributed by atoms with Crippen LogP contribution < -0.4 is 5.73 Å². The Bertz CT molecular complexity index is 133. The number of carbonyl (C=O) groups excluding carboxylic acids is 1. The van der Waals surface area contributed by atoms with Gasteiger partial charge in [0.1, 0.15) is 5.78 Å². The maximum atomic E-state index is 10.6. The van der Waals surface area contributed by atoms with Gasteiger partial charge in [0.2, 0.25) is 0 Å². The Morgan fingerprint density at radius 2 is 1.80 bits per heavy atom. The van der Waals surface area contributed by atoms with Gasteiger partial charge >= 0.3 is 5.97 Å². The van der Waals surface area contributed by atoms with Gasteiger partial charge in [0.05, 0.1) is 6.42 Å². The van der Waals surface area contributed by atoms with Gasteiger partial charge in [-0.05, 0) is 6.54 Å². The Hall–Kier alpha value is -0.900. The van der Waals surface area contributed by atoms with E-state index in [4.69, 9.17) is 10.8 Å². The van der Waals surface area contributed by atoms with E-state index in [9.17, 15) is 9.59 Å². The van der Waals surface area contributed by atoms with E-state index in [2.05, 4.69) is 0 Å². The highest BCUT2D eigenvalue weighted by atomic mass is 16.4. The van der Waals surface area contributed by atoms with Crippen LogP contribution in [0.4, 0.5) is 0 Å². The lowest BCUT2D eigenvalue weighted by atomic mass is 10.2. The Labute approximate surface area is 59.0 Å². The molecule has 0 bridgehead atoms. The number of hydrogen-bond donors (Lipinski definition) is 2. The predicted octanol–water partition coefficient (Wildman–Crippen LogP) is -0.231. The molecule has 3 N–H and O–H groups in total. The molecule has 0 aliphatic rings. The average Bonchev–Trinajstić information content (AvgIpc) is 1.85. The summed E-state index contributed by atoms with van der Waals surface area (Å²) in [6.07, 6.45) is 0.304. The fourth-order valence-electron chi connectivity index (χ4n) is 0.532. The maximum Gasteiger partial charge on any atom is 0.303 e. The van der Waals surface area contributed by atoms with Crippen molar-refractivity contribution in [3.8, 4) is 0 Å². The van der Waals surface area contributed by atoms with E-state index in [0.29, 0.717) is 6.54 Å². The molecular formula is C6H11NO3. The third-order valence-electron chi connectivity index (χ3n) is 1.04. The number of carboxylic acids is 1. The molecule has 0 aromatic carbocycles. The number of rotatable bonds is 5. The Morgan fingerprint density at radius 1 is 1.20 bits per heavy atom. The summed E-state index contributed by atoms with van der Waals surface area (Å²) in [7, 11) is 0. The lowest BCUT2D eigenvalue weighted by Gasteiger charge is -1.93. The molecule has 0 aliphatic heterocycles. The molecule has 0 aromatic heterocycles. The van der Waals surface area contributed by atoms with Crippen LogP contribution in [-0.2, 0) is 9.59 Å². The van der Waals surface area contributed by atoms with Crippen molar-refractivity contribution in [3.63, 3.8) is 0 Å². The van der Waals surface area contributed by atoms with E-state index in [1.54, 1.807) is 0 Å². The predicted molar refractivity (Wildman–Crippen MR) is 35.5 cm³/mol. The number of hydrogen-bond acceptors (Lipinski definition) is 3. The number of aliphatic carboxylic acids is 1. The van der Waals surface area contributed by atoms with Gasteiger partial charge in [-0.25, -0.2) is 0 Å². The highest BCUT2D eigenvalue weighted by Crippen LogP contribution is 1.93. The zero-order chi connectivity index (χ0) is 7.98. The van der Waals surface area contributed by atoms with E-state index in [1.165, 1.54) is 0 Å². The van der Waals surface area contributed by atoms with Crippen LogP contribution >= 0.6 is 0 Å². The topological polar surface area (TPSA) is 80.4 Å². The molecule has 58 valence electrons. The van der Waals surface area contributed by atoms with Crippen LogP contribution in [0.3, 0.4) is 0 Å². The SMILES string of the molecule is NCCC(=O)CCC(=O)O. The minimum atomic E-state index is -0.939. The molecule has 4 heteroatoms. The highest BCUT2D eigenvalue weighted by molar-refractivity contribution is 5.82. The van der Waals surface area contributed by atoms with Crippen LogP contribution in [-0.4, -0.2) is 23.4 Å². The summed E-state index contributed by atoms with van der Waals surface area (Å²) in [4.78, 5) is 20.5. The summed E-state index contributed by atoms with van der Waals surface area (Å²) in [5.74, 6) is -1.02. The molecule has 0 saturated carbocycles. The molecule has 0 unspecified atom stereocenters. The van der Waals surface area contributed by atoms with Gasteiger partial charge in [0, 0.05) is 12.8 Å². The molecule has 0 aliphatic carbocycles. The molecule has 0 radical (unpaired) electrons. The lowest BCUT2D eigenvalue weighted by Crippen LogP contribution is -2.09. The minimum absolute atomic E-state index is 0.0788. The largest absolute Gasteiger partial charge is 0.481 e. The third kappa shape index (κ3) is 5.24. The summed E-state index contributed by atoms with van der Waals surface area (Å²) in [5.41, 5.74) is 5.07. The van der Waals surface area contributed by atoms with Crippen molar-refractivity contribution in [2.24, 2.45) is 5.73 Å². The van der Waals surface area contributed by atoms with Crippen LogP contribution in [0.5, 0.6) is 0 Å². The number of carbonyl (C=O) groups is 2. The summed E-state index contributed by atoms with van der Waals surface area (Å²) in [6.45, 7) is 0.304. The van der Waals surface area contributed by atoms with Gasteiger partial charge in [0.25, 0.3) is 0 Å². The van der Waals surface area contributed by atoms with Gasteiger partial charge in [-0.3, -0.25) is 9.59 Å². The zero-order valence-corrected chi connectivity index (χ0v) is 5.67. The second kappa shape index (κ2) is 4.93. The van der Waals surface area contributed by atoms with Gasteiger partial charge in [0.15, 0.2) is 0 Å². The van der Waals surface area contributed by atoms with Gasteiger partial charge in [-0.1, -0.05) is 0 Å². The molecule has 0 rings (SSSR count). The molecule has 0 fully saturated rings. The smallest absolute Gasteiger partial charge is 0.303 e. The number of carboxylic acid groups (broad SMARTS) is 1. The Balaban J connectivity index is 3.30. The van der Waals surface area contributed by atoms with Crippen molar-refractivity contribution in [2.45, 2.75) is 19.3 Å². The van der Waals surface area contributed by atoms with Crippen LogP contribution in [0.1, 0.15) is 19.3 Å². The van der Waals surface area contributed by atoms with Crippen molar-refractivity contribution in [2.75, 3.05) is 6.54 Å². The molecule has 0 atom stereocenters. The van der Waals surface area contributed by atoms with E-state index in [0.717, 1.165) is 0 Å². The fourth-order valence-corrected chi connectivity index (χ4v) is 0.532. The highest BCUT2D eigenvalue weighted by Gasteiger charge is 2.03. The summed E-state index contributed by atoms with van der Waals surface area (Å²) in [5, 5.41) is 8.15. The first-order valence-electron chi connectivity index (χ1n) is 3.10. The van der Waals surface area contributed by atoms with Crippen molar-refractivity contribution in [1.29, 1.82) is 0 Å². The molecule has 0 spiro atoms. The molecule has 0 heterocycles. The van der Waals surface area contributed by atoms with Crippen molar-refractivity contribution < 1.29 is 14.7 Å². The first-order chi connectivity index (χ1) is 4.66. The quantitative estimate of drug-likeness (QED) is 0.560. The van der Waals surface area contributed by atoms with E-state index in [-0.39, 0.29) is 25.0 Å². The normalized spacial score (nSPS) is 9.30. The summed E-state index contributed by atoms with van der Waals surface area (Å²) < 4.78 is 0. The maximum absolute atomic E-state index is 10.6. The Kier molecular flexibility index (Phi) is 4.49. The Morgan fingerprint density at radius 3 is 2.20 bits per heavy atom. The minimum Gasteiger partial charge on any atom is -0.481 e. The number of ketones is 1. The number of nitrogens with two attached hydrogens (primary N) is 1. The lowest BCUT2D eigenvalue weighted by molar-refractivity contribution is -0.138. The average molecular weight is 145 g/mol. The van der Waals surface area contributed by atoms with Crippen LogP contribution in [0.25, 0.3) is 0 Å². The summed E-state index contributed by atoms with van der Waals surface area (Å²) >= 11 is 0. The summed E-state index contributed by atoms with van der Waals surface area (Å²) in [6, 6.07) is 0. The third-order valence-corrected chi connectivity index (χ3v) is 1.04. The first-order valence-corrected chi connectivity index (χ1v) is 3.10. The molecule has 0 saturated heterocycles. The van der Waals surface area contributed by atoms with Crippen LogP contribution in [0, 0.1) is 0 Å². The van der Waals surface area contributed by atoms with Crippen molar-refractivity contribution in [3.05, 3.63) is 0 Å². The molecular weight excluding hydrogens is 134 g/mol. The fraction of sp³-hybridized carbons (Fsp3) is 0.667. The van der Waals surface area contributed by atoms with E-state index in [1.807, 2.05) is 0 Å². The van der Waals surface area contributed by atoms with Crippen LogP contribution in [0.15, 0.2) is 0 Å². The molecule has 0 aromatic rings. The molecule has 10 heavy (non-hydrogen) atoms. The second-order valence-corrected chi connectivity index (χ2v) is 1.97. The molecule has 4 nitrogen and oxygen atoms in total. The van der Waals surface area contributed by atoms with Crippen molar-refractivity contribution >= 4 is 11.8 Å². The van der Waals surface area contributed by atoms with Crippen LogP contribution in [0.2, 0.25) is 0 Å². The zero-order valence-electron chi connectivity index (χ0n) is 5.67. The van der Waals surface area contributed by atoms with E-state index < -0.39 is 5.97 Å². The van der Waals surface area contributed by atoms with Gasteiger partial charge < -0.3 is 10.8 Å². The van der Waals surface area contributed by atoms with Gasteiger partial charge in [-0.2, -0.15) is 0 Å². The van der Waals surface area contributed by atoms with Gasteiger partial charge in [-0.15, -0.1) is 0 Å². The monoisotopic (exact) mass is 145 g/mol. The van der Waals surface area contributed by atoms with Crippen molar-refractivity contribution in [1.82, 2.24) is 0 Å². The molecule has 0 amide bonds.